The fourth-order valence-electron chi connectivity index (χ4n) is 1.82. The van der Waals surface area contributed by atoms with E-state index in [1.807, 2.05) is 12.1 Å². The summed E-state index contributed by atoms with van der Waals surface area (Å²) in [5, 5.41) is 0. The van der Waals surface area contributed by atoms with Gasteiger partial charge in [0.15, 0.2) is 0 Å². The van der Waals surface area contributed by atoms with Crippen LogP contribution in [0.25, 0.3) is 0 Å². The SMILES string of the molecule is CN(C(=O)C1CC(N)C1)c1cccnc1. The van der Waals surface area contributed by atoms with E-state index in [1.54, 1.807) is 24.3 Å². The molecule has 2 N–H and O–H groups in total. The first-order valence-corrected chi connectivity index (χ1v) is 5.11. The van der Waals surface area contributed by atoms with Crippen LogP contribution in [0.2, 0.25) is 0 Å². The van der Waals surface area contributed by atoms with Crippen LogP contribution in [0.15, 0.2) is 24.5 Å². The van der Waals surface area contributed by atoms with Gasteiger partial charge < -0.3 is 10.6 Å². The summed E-state index contributed by atoms with van der Waals surface area (Å²) in [4.78, 5) is 17.6. The van der Waals surface area contributed by atoms with E-state index >= 15 is 0 Å². The Hall–Kier alpha value is -1.42. The van der Waals surface area contributed by atoms with Crippen LogP contribution in [-0.2, 0) is 4.79 Å². The van der Waals surface area contributed by atoms with Crippen LogP contribution in [0.1, 0.15) is 12.8 Å². The molecule has 80 valence electrons. The zero-order valence-electron chi connectivity index (χ0n) is 8.76. The topological polar surface area (TPSA) is 59.2 Å². The number of pyridine rings is 1. The van der Waals surface area contributed by atoms with Crippen molar-refractivity contribution in [2.75, 3.05) is 11.9 Å². The van der Waals surface area contributed by atoms with Crippen molar-refractivity contribution in [3.8, 4) is 0 Å². The van der Waals surface area contributed by atoms with Gasteiger partial charge in [-0.15, -0.1) is 0 Å². The maximum atomic E-state index is 11.9. The van der Waals surface area contributed by atoms with E-state index < -0.39 is 0 Å². The molecule has 4 heteroatoms. The molecule has 1 amide bonds. The van der Waals surface area contributed by atoms with Crippen molar-refractivity contribution in [3.63, 3.8) is 0 Å². The second-order valence-electron chi connectivity index (χ2n) is 4.04. The predicted octanol–water partition coefficient (Wildman–Crippen LogP) is 0.782. The lowest BCUT2D eigenvalue weighted by molar-refractivity contribution is -0.124. The summed E-state index contributed by atoms with van der Waals surface area (Å²) in [6.45, 7) is 0. The molecule has 0 atom stereocenters. The van der Waals surface area contributed by atoms with Crippen molar-refractivity contribution >= 4 is 11.6 Å². The molecule has 15 heavy (non-hydrogen) atoms. The number of nitrogens with zero attached hydrogens (tertiary/aromatic N) is 2. The lowest BCUT2D eigenvalue weighted by Gasteiger charge is -2.34. The third kappa shape index (κ3) is 1.99. The van der Waals surface area contributed by atoms with E-state index in [-0.39, 0.29) is 17.9 Å². The Kier molecular flexibility index (Phi) is 2.68. The maximum absolute atomic E-state index is 11.9. The van der Waals surface area contributed by atoms with Gasteiger partial charge in [-0.05, 0) is 25.0 Å². The third-order valence-electron chi connectivity index (χ3n) is 2.89. The van der Waals surface area contributed by atoms with Gasteiger partial charge in [-0.1, -0.05) is 0 Å². The van der Waals surface area contributed by atoms with Crippen molar-refractivity contribution in [2.45, 2.75) is 18.9 Å². The van der Waals surface area contributed by atoms with Crippen LogP contribution in [-0.4, -0.2) is 24.0 Å². The summed E-state index contributed by atoms with van der Waals surface area (Å²) >= 11 is 0. The molecule has 0 aliphatic heterocycles. The van der Waals surface area contributed by atoms with Crippen LogP contribution < -0.4 is 10.6 Å². The quantitative estimate of drug-likeness (QED) is 0.776. The minimum atomic E-state index is 0.102. The summed E-state index contributed by atoms with van der Waals surface area (Å²) in [7, 11) is 1.78. The molecule has 1 aliphatic rings. The molecule has 0 aromatic carbocycles. The molecule has 0 unspecified atom stereocenters. The van der Waals surface area contributed by atoms with Gasteiger partial charge in [0.2, 0.25) is 5.91 Å². The molecular weight excluding hydrogens is 190 g/mol. The summed E-state index contributed by atoms with van der Waals surface area (Å²) in [5.41, 5.74) is 6.50. The van der Waals surface area contributed by atoms with Crippen molar-refractivity contribution in [1.82, 2.24) is 4.98 Å². The zero-order valence-corrected chi connectivity index (χ0v) is 8.76. The van der Waals surface area contributed by atoms with E-state index in [9.17, 15) is 4.79 Å². The molecule has 1 heterocycles. The fraction of sp³-hybridized carbons (Fsp3) is 0.455. The van der Waals surface area contributed by atoms with E-state index in [2.05, 4.69) is 4.98 Å². The minimum Gasteiger partial charge on any atom is -0.328 e. The number of amides is 1. The fourth-order valence-corrected chi connectivity index (χ4v) is 1.82. The molecule has 0 radical (unpaired) electrons. The molecule has 1 aliphatic carbocycles. The Morgan fingerprint density at radius 2 is 2.33 bits per heavy atom. The lowest BCUT2D eigenvalue weighted by atomic mass is 9.80. The molecule has 0 saturated heterocycles. The first-order chi connectivity index (χ1) is 7.18. The number of anilines is 1. The minimum absolute atomic E-state index is 0.102. The van der Waals surface area contributed by atoms with E-state index in [0.717, 1.165) is 18.5 Å². The lowest BCUT2D eigenvalue weighted by Crippen LogP contribution is -2.45. The molecule has 1 fully saturated rings. The van der Waals surface area contributed by atoms with E-state index in [1.165, 1.54) is 0 Å². The number of carbonyl (C=O) groups is 1. The summed E-state index contributed by atoms with van der Waals surface area (Å²) < 4.78 is 0. The Bertz CT molecular complexity index is 346. The molecule has 1 aromatic rings. The number of rotatable bonds is 2. The Morgan fingerprint density at radius 3 is 2.87 bits per heavy atom. The largest absolute Gasteiger partial charge is 0.328 e. The highest BCUT2D eigenvalue weighted by Gasteiger charge is 2.34. The van der Waals surface area contributed by atoms with Crippen molar-refractivity contribution in [2.24, 2.45) is 11.7 Å². The van der Waals surface area contributed by atoms with Crippen molar-refractivity contribution < 1.29 is 4.79 Å². The van der Waals surface area contributed by atoms with Gasteiger partial charge >= 0.3 is 0 Å². The standard InChI is InChI=1S/C11H15N3O/c1-14(10-3-2-4-13-7-10)11(15)8-5-9(12)6-8/h2-4,7-9H,5-6,12H2,1H3. The highest BCUT2D eigenvalue weighted by Crippen LogP contribution is 2.28. The zero-order chi connectivity index (χ0) is 10.8. The second kappa shape index (κ2) is 3.98. The molecular formula is C11H15N3O. The molecule has 2 rings (SSSR count). The van der Waals surface area contributed by atoms with Crippen molar-refractivity contribution in [1.29, 1.82) is 0 Å². The average Bonchev–Trinajstić information content (AvgIpc) is 2.24. The predicted molar refractivity (Wildman–Crippen MR) is 58.3 cm³/mol. The van der Waals surface area contributed by atoms with E-state index in [0.29, 0.717) is 0 Å². The monoisotopic (exact) mass is 205 g/mol. The highest BCUT2D eigenvalue weighted by atomic mass is 16.2. The first kappa shape index (κ1) is 10.1. The van der Waals surface area contributed by atoms with E-state index in [4.69, 9.17) is 5.73 Å². The number of carbonyl (C=O) groups excluding carboxylic acids is 1. The number of nitrogens with two attached hydrogens (primary N) is 1. The smallest absolute Gasteiger partial charge is 0.229 e. The highest BCUT2D eigenvalue weighted by molar-refractivity contribution is 5.94. The Balaban J connectivity index is 2.02. The van der Waals surface area contributed by atoms with Crippen LogP contribution in [0.4, 0.5) is 5.69 Å². The molecule has 4 nitrogen and oxygen atoms in total. The second-order valence-corrected chi connectivity index (χ2v) is 4.04. The molecule has 0 bridgehead atoms. The Morgan fingerprint density at radius 1 is 1.60 bits per heavy atom. The number of aromatic nitrogens is 1. The van der Waals surface area contributed by atoms with Crippen LogP contribution >= 0.6 is 0 Å². The van der Waals surface area contributed by atoms with Gasteiger partial charge in [0.1, 0.15) is 0 Å². The normalized spacial score (nSPS) is 24.4. The maximum Gasteiger partial charge on any atom is 0.229 e. The van der Waals surface area contributed by atoms with Gasteiger partial charge in [0.25, 0.3) is 0 Å². The van der Waals surface area contributed by atoms with Gasteiger partial charge in [-0.25, -0.2) is 0 Å². The van der Waals surface area contributed by atoms with Crippen LogP contribution in [0.5, 0.6) is 0 Å². The number of hydrogen-bond donors (Lipinski definition) is 1. The van der Waals surface area contributed by atoms with Gasteiger partial charge in [0, 0.05) is 25.2 Å². The van der Waals surface area contributed by atoms with Gasteiger partial charge in [0.05, 0.1) is 11.9 Å². The van der Waals surface area contributed by atoms with Crippen LogP contribution in [0, 0.1) is 5.92 Å². The third-order valence-corrected chi connectivity index (χ3v) is 2.89. The first-order valence-electron chi connectivity index (χ1n) is 5.11. The van der Waals surface area contributed by atoms with Gasteiger partial charge in [-0.2, -0.15) is 0 Å². The summed E-state index contributed by atoms with van der Waals surface area (Å²) in [5.74, 6) is 0.245. The average molecular weight is 205 g/mol. The molecule has 1 aromatic heterocycles. The number of hydrogen-bond acceptors (Lipinski definition) is 3. The molecule has 0 spiro atoms. The summed E-state index contributed by atoms with van der Waals surface area (Å²) in [6, 6.07) is 3.91. The summed E-state index contributed by atoms with van der Waals surface area (Å²) in [6.07, 6.45) is 5.00. The van der Waals surface area contributed by atoms with Crippen molar-refractivity contribution in [3.05, 3.63) is 24.5 Å². The van der Waals surface area contributed by atoms with Gasteiger partial charge in [-0.3, -0.25) is 9.78 Å². The molecule has 1 saturated carbocycles. The van der Waals surface area contributed by atoms with Crippen LogP contribution in [0.3, 0.4) is 0 Å². The Labute approximate surface area is 89.1 Å².